The molecule has 4 rings (SSSR count). The van der Waals surface area contributed by atoms with Crippen molar-refractivity contribution >= 4 is 52.7 Å². The summed E-state index contributed by atoms with van der Waals surface area (Å²) in [6, 6.07) is 8.60. The van der Waals surface area contributed by atoms with Crippen LogP contribution >= 0.6 is 23.2 Å². The molecule has 10 heteroatoms. The molecule has 5 amide bonds. The molecule has 0 saturated carbocycles. The van der Waals surface area contributed by atoms with Gasteiger partial charge in [0, 0.05) is 13.0 Å². The first-order chi connectivity index (χ1) is 15.3. The lowest BCUT2D eigenvalue weighted by Gasteiger charge is -2.27. The minimum atomic E-state index is -1.04. The lowest BCUT2D eigenvalue weighted by atomic mass is 10.0. The zero-order chi connectivity index (χ0) is 23.0. The standard InChI is InChI=1S/C22H17Cl2N3O5/c23-14-5-4-11(8-15(14)24)9-18(29)25-10-12-2-1-3-13-19(12)22(32)27(21(13)31)16-6-7-17(28)26-20(16)30/h1-5,8,16H,6-7,9-10H2,(H,25,29)(H,26,28,30). The van der Waals surface area contributed by atoms with E-state index in [2.05, 4.69) is 10.6 Å². The second-order valence-corrected chi connectivity index (χ2v) is 8.30. The van der Waals surface area contributed by atoms with E-state index in [-0.39, 0.29) is 42.8 Å². The number of benzene rings is 2. The Morgan fingerprint density at radius 3 is 2.56 bits per heavy atom. The Bertz CT molecular complexity index is 1180. The van der Waals surface area contributed by atoms with E-state index >= 15 is 0 Å². The van der Waals surface area contributed by atoms with Crippen molar-refractivity contribution in [2.24, 2.45) is 0 Å². The Morgan fingerprint density at radius 1 is 1.06 bits per heavy atom. The highest BCUT2D eigenvalue weighted by atomic mass is 35.5. The first-order valence-electron chi connectivity index (χ1n) is 9.80. The Morgan fingerprint density at radius 2 is 1.84 bits per heavy atom. The molecule has 164 valence electrons. The lowest BCUT2D eigenvalue weighted by Crippen LogP contribution is -2.54. The van der Waals surface area contributed by atoms with Gasteiger partial charge in [0.05, 0.1) is 27.6 Å². The highest BCUT2D eigenvalue weighted by molar-refractivity contribution is 6.42. The molecule has 2 aromatic rings. The number of fused-ring (bicyclic) bond motifs is 1. The third kappa shape index (κ3) is 4.11. The van der Waals surface area contributed by atoms with Gasteiger partial charge in [-0.2, -0.15) is 0 Å². The summed E-state index contributed by atoms with van der Waals surface area (Å²) in [5.41, 5.74) is 1.44. The molecule has 0 spiro atoms. The van der Waals surface area contributed by atoms with Gasteiger partial charge in [0.2, 0.25) is 17.7 Å². The van der Waals surface area contributed by atoms with Gasteiger partial charge >= 0.3 is 0 Å². The average molecular weight is 474 g/mol. The van der Waals surface area contributed by atoms with Gasteiger partial charge in [-0.25, -0.2) is 0 Å². The van der Waals surface area contributed by atoms with Crippen LogP contribution in [-0.2, 0) is 27.3 Å². The molecule has 2 aliphatic heterocycles. The number of piperidine rings is 1. The zero-order valence-corrected chi connectivity index (χ0v) is 18.1. The van der Waals surface area contributed by atoms with Crippen molar-refractivity contribution in [1.82, 2.24) is 15.5 Å². The summed E-state index contributed by atoms with van der Waals surface area (Å²) in [5, 5.41) is 5.63. The summed E-state index contributed by atoms with van der Waals surface area (Å²) >= 11 is 11.9. The van der Waals surface area contributed by atoms with E-state index in [9.17, 15) is 24.0 Å². The molecule has 0 aromatic heterocycles. The number of hydrogen-bond acceptors (Lipinski definition) is 5. The minimum absolute atomic E-state index is 0.0194. The van der Waals surface area contributed by atoms with Gasteiger partial charge in [-0.3, -0.25) is 34.2 Å². The third-order valence-electron chi connectivity index (χ3n) is 5.38. The summed E-state index contributed by atoms with van der Waals surface area (Å²) in [6.07, 6.45) is 0.175. The summed E-state index contributed by atoms with van der Waals surface area (Å²) < 4.78 is 0. The highest BCUT2D eigenvalue weighted by Gasteiger charge is 2.45. The monoisotopic (exact) mass is 473 g/mol. The van der Waals surface area contributed by atoms with Crippen LogP contribution in [0.1, 0.15) is 44.7 Å². The predicted octanol–water partition coefficient (Wildman–Crippen LogP) is 2.25. The highest BCUT2D eigenvalue weighted by Crippen LogP contribution is 2.30. The number of halogens is 2. The molecule has 0 radical (unpaired) electrons. The molecule has 8 nitrogen and oxygen atoms in total. The van der Waals surface area contributed by atoms with Crippen molar-refractivity contribution in [3.8, 4) is 0 Å². The van der Waals surface area contributed by atoms with Gasteiger partial charge in [-0.1, -0.05) is 41.4 Å². The second-order valence-electron chi connectivity index (χ2n) is 7.49. The van der Waals surface area contributed by atoms with E-state index < -0.39 is 29.7 Å². The average Bonchev–Trinajstić information content (AvgIpc) is 3.00. The van der Waals surface area contributed by atoms with Gasteiger partial charge in [-0.05, 0) is 35.7 Å². The molecule has 0 bridgehead atoms. The topological polar surface area (TPSA) is 113 Å². The first kappa shape index (κ1) is 22.0. The molecule has 1 fully saturated rings. The SMILES string of the molecule is O=C(Cc1ccc(Cl)c(Cl)c1)NCc1cccc2c1C(=O)N(C1CCC(=O)NC1=O)C2=O. The largest absolute Gasteiger partial charge is 0.352 e. The number of amides is 5. The van der Waals surface area contributed by atoms with E-state index in [1.807, 2.05) is 0 Å². The zero-order valence-electron chi connectivity index (χ0n) is 16.6. The molecule has 1 saturated heterocycles. The number of nitrogens with zero attached hydrogens (tertiary/aromatic N) is 1. The van der Waals surface area contributed by atoms with E-state index in [1.54, 1.807) is 30.3 Å². The maximum atomic E-state index is 13.1. The van der Waals surface area contributed by atoms with Crippen LogP contribution in [-0.4, -0.2) is 40.5 Å². The van der Waals surface area contributed by atoms with Crippen LogP contribution in [0.2, 0.25) is 10.0 Å². The van der Waals surface area contributed by atoms with Crippen molar-refractivity contribution in [2.45, 2.75) is 31.8 Å². The third-order valence-corrected chi connectivity index (χ3v) is 6.12. The van der Waals surface area contributed by atoms with Crippen LogP contribution in [0, 0.1) is 0 Å². The van der Waals surface area contributed by atoms with Gasteiger partial charge in [0.15, 0.2) is 0 Å². The number of carbonyl (C=O) groups is 5. The molecule has 1 atom stereocenters. The Hall–Kier alpha value is -3.23. The fraction of sp³-hybridized carbons (Fsp3) is 0.227. The quantitative estimate of drug-likeness (QED) is 0.646. The molecule has 1 unspecified atom stereocenters. The fourth-order valence-electron chi connectivity index (χ4n) is 3.82. The van der Waals surface area contributed by atoms with Gasteiger partial charge in [-0.15, -0.1) is 0 Å². The van der Waals surface area contributed by atoms with Crippen LogP contribution in [0.15, 0.2) is 36.4 Å². The Labute approximate surface area is 192 Å². The van der Waals surface area contributed by atoms with Gasteiger partial charge in [0.1, 0.15) is 6.04 Å². The van der Waals surface area contributed by atoms with E-state index in [1.165, 1.54) is 6.07 Å². The van der Waals surface area contributed by atoms with Crippen LogP contribution in [0.25, 0.3) is 0 Å². The first-order valence-corrected chi connectivity index (χ1v) is 10.6. The molecule has 2 heterocycles. The molecule has 32 heavy (non-hydrogen) atoms. The summed E-state index contributed by atoms with van der Waals surface area (Å²) in [6.45, 7) is 0.0194. The minimum Gasteiger partial charge on any atom is -0.352 e. The summed E-state index contributed by atoms with van der Waals surface area (Å²) in [4.78, 5) is 62.8. The van der Waals surface area contributed by atoms with Crippen LogP contribution in [0.5, 0.6) is 0 Å². The lowest BCUT2D eigenvalue weighted by molar-refractivity contribution is -0.136. The molecule has 0 aliphatic carbocycles. The van der Waals surface area contributed by atoms with Gasteiger partial charge < -0.3 is 5.32 Å². The van der Waals surface area contributed by atoms with Crippen molar-refractivity contribution in [3.05, 3.63) is 68.7 Å². The van der Waals surface area contributed by atoms with Crippen molar-refractivity contribution < 1.29 is 24.0 Å². The summed E-state index contributed by atoms with van der Waals surface area (Å²) in [7, 11) is 0. The molecule has 2 N–H and O–H groups in total. The number of imide groups is 2. The van der Waals surface area contributed by atoms with Crippen LogP contribution in [0.3, 0.4) is 0 Å². The second kappa shape index (κ2) is 8.72. The predicted molar refractivity (Wildman–Crippen MR) is 115 cm³/mol. The van der Waals surface area contributed by atoms with Crippen molar-refractivity contribution in [2.75, 3.05) is 0 Å². The van der Waals surface area contributed by atoms with E-state index in [0.29, 0.717) is 21.2 Å². The maximum Gasteiger partial charge on any atom is 0.262 e. The number of rotatable bonds is 5. The maximum absolute atomic E-state index is 13.1. The van der Waals surface area contributed by atoms with E-state index in [0.717, 1.165) is 4.90 Å². The smallest absolute Gasteiger partial charge is 0.262 e. The number of carbonyl (C=O) groups excluding carboxylic acids is 5. The molecule has 2 aromatic carbocycles. The van der Waals surface area contributed by atoms with Gasteiger partial charge in [0.25, 0.3) is 11.8 Å². The Kier molecular flexibility index (Phi) is 5.99. The molecular formula is C22H17Cl2N3O5. The molecular weight excluding hydrogens is 457 g/mol. The summed E-state index contributed by atoms with van der Waals surface area (Å²) in [5.74, 6) is -2.63. The normalized spacial score (nSPS) is 17.9. The number of hydrogen-bond donors (Lipinski definition) is 2. The number of nitrogens with one attached hydrogen (secondary N) is 2. The van der Waals surface area contributed by atoms with Crippen LogP contribution in [0.4, 0.5) is 0 Å². The van der Waals surface area contributed by atoms with Crippen molar-refractivity contribution in [1.29, 1.82) is 0 Å². The molecule has 2 aliphatic rings. The Balaban J connectivity index is 1.49. The van der Waals surface area contributed by atoms with Crippen LogP contribution < -0.4 is 10.6 Å². The fourth-order valence-corrected chi connectivity index (χ4v) is 4.14. The van der Waals surface area contributed by atoms with E-state index in [4.69, 9.17) is 23.2 Å². The van der Waals surface area contributed by atoms with Crippen molar-refractivity contribution in [3.63, 3.8) is 0 Å².